The fourth-order valence-corrected chi connectivity index (χ4v) is 2.90. The first-order chi connectivity index (χ1) is 10.7. The molecule has 1 saturated heterocycles. The Labute approximate surface area is 133 Å². The zero-order valence-electron chi connectivity index (χ0n) is 12.6. The number of nitriles is 1. The summed E-state index contributed by atoms with van der Waals surface area (Å²) in [6.45, 7) is 0. The summed E-state index contributed by atoms with van der Waals surface area (Å²) in [5, 5.41) is 42.7. The molecule has 2 aromatic heterocycles. The van der Waals surface area contributed by atoms with Crippen molar-refractivity contribution < 1.29 is 20.1 Å². The predicted molar refractivity (Wildman–Crippen MR) is 83.6 cm³/mol. The van der Waals surface area contributed by atoms with Crippen LogP contribution in [0.15, 0.2) is 18.5 Å². The van der Waals surface area contributed by atoms with Crippen LogP contribution in [0.4, 0.5) is 5.82 Å². The number of hydrogen-bond acceptors (Lipinski definition) is 8. The second-order valence-corrected chi connectivity index (χ2v) is 6.08. The summed E-state index contributed by atoms with van der Waals surface area (Å²) < 4.78 is 7.06. The molecule has 0 radical (unpaired) electrons. The molecule has 1 aliphatic rings. The molecule has 3 rings (SSSR count). The summed E-state index contributed by atoms with van der Waals surface area (Å²) in [6, 6.07) is 5.05. The van der Waals surface area contributed by atoms with Crippen LogP contribution < -0.4 is 5.73 Å². The number of anilines is 1. The minimum atomic E-state index is -1.97. The molecule has 0 saturated carbocycles. The molecule has 3 heterocycles. The fraction of sp³-hybridized carbons (Fsp3) is 0.417. The van der Waals surface area contributed by atoms with E-state index in [1.807, 2.05) is 0 Å². The van der Waals surface area contributed by atoms with Crippen molar-refractivity contribution in [3.05, 3.63) is 24.2 Å². The second-order valence-electron chi connectivity index (χ2n) is 6.08. The van der Waals surface area contributed by atoms with Gasteiger partial charge in [0.05, 0.1) is 5.69 Å². The van der Waals surface area contributed by atoms with E-state index in [1.54, 1.807) is 18.2 Å². The van der Waals surface area contributed by atoms with E-state index in [0.717, 1.165) is 0 Å². The third-order valence-corrected chi connectivity index (χ3v) is 4.24. The average molecular weight is 315 g/mol. The van der Waals surface area contributed by atoms with Gasteiger partial charge >= 0.3 is 0 Å². The van der Waals surface area contributed by atoms with Crippen molar-refractivity contribution in [3.63, 3.8) is 0 Å². The Kier molecular flexibility index (Phi) is 3.38. The Morgan fingerprint density at radius 3 is 2.70 bits per heavy atom. The van der Waals surface area contributed by atoms with Crippen LogP contribution >= 0.6 is 0 Å². The van der Waals surface area contributed by atoms with Crippen molar-refractivity contribution >= 4 is 27.0 Å². The van der Waals surface area contributed by atoms with Crippen LogP contribution in [0, 0.1) is 11.3 Å². The first-order valence-electron chi connectivity index (χ1n) is 6.98. The van der Waals surface area contributed by atoms with Gasteiger partial charge in [-0.1, -0.05) is 0 Å². The summed E-state index contributed by atoms with van der Waals surface area (Å²) in [4.78, 5) is 3.87. The fourth-order valence-electron chi connectivity index (χ4n) is 2.90. The number of nitrogens with two attached hydrogens (primary N) is 1. The quantitative estimate of drug-likeness (QED) is 0.413. The van der Waals surface area contributed by atoms with Gasteiger partial charge < -0.3 is 25.8 Å². The van der Waals surface area contributed by atoms with Crippen molar-refractivity contribution in [2.24, 2.45) is 0 Å². The number of fused-ring (bicyclic) bond motifs is 1. The van der Waals surface area contributed by atoms with Crippen LogP contribution in [-0.4, -0.2) is 68.8 Å². The van der Waals surface area contributed by atoms with Crippen LogP contribution in [0.2, 0.25) is 0 Å². The average Bonchev–Trinajstić information content (AvgIpc) is 3.01. The lowest BCUT2D eigenvalue weighted by Gasteiger charge is -2.36. The number of aliphatic hydroxyl groups is 3. The number of ether oxygens (including phenoxy) is 1. The van der Waals surface area contributed by atoms with E-state index in [0.29, 0.717) is 11.2 Å². The second kappa shape index (κ2) is 4.94. The monoisotopic (exact) mass is 315 g/mol. The molecule has 4 atom stereocenters. The Morgan fingerprint density at radius 1 is 1.43 bits per heavy atom. The third kappa shape index (κ3) is 2.04. The van der Waals surface area contributed by atoms with E-state index in [1.165, 1.54) is 26.5 Å². The van der Waals surface area contributed by atoms with Gasteiger partial charge in [0, 0.05) is 5.40 Å². The van der Waals surface area contributed by atoms with Crippen LogP contribution in [0.3, 0.4) is 0 Å². The van der Waals surface area contributed by atoms with Crippen LogP contribution in [0.5, 0.6) is 0 Å². The standard InChI is InChI=1S/C12H15B2N5O4/c13-12(14,22)11(3-15)9(21)7(20)8(23-11)5-1-2-6-10(16)17-4-18-19(5)6/h1-2,4,7-9,20-22H,13-14H2,(H2,16,17,18)/t7-,8-,9-,11?/m0/s1. The summed E-state index contributed by atoms with van der Waals surface area (Å²) in [6.07, 6.45) is -2.83. The molecule has 5 N–H and O–H groups in total. The summed E-state index contributed by atoms with van der Waals surface area (Å²) in [5.74, 6) is 0.244. The first kappa shape index (κ1) is 15.8. The van der Waals surface area contributed by atoms with E-state index in [4.69, 9.17) is 10.5 Å². The smallest absolute Gasteiger partial charge is 0.196 e. The van der Waals surface area contributed by atoms with Crippen LogP contribution in [0.25, 0.3) is 5.52 Å². The molecule has 0 spiro atoms. The summed E-state index contributed by atoms with van der Waals surface area (Å²) in [5.41, 5.74) is 4.69. The topological polar surface area (TPSA) is 150 Å². The van der Waals surface area contributed by atoms with E-state index < -0.39 is 29.3 Å². The van der Waals surface area contributed by atoms with Crippen molar-refractivity contribution in [2.75, 3.05) is 5.73 Å². The maximum absolute atomic E-state index is 10.4. The molecule has 0 aromatic carbocycles. The molecule has 1 aliphatic heterocycles. The third-order valence-electron chi connectivity index (χ3n) is 4.24. The first-order valence-corrected chi connectivity index (χ1v) is 6.98. The van der Waals surface area contributed by atoms with Crippen molar-refractivity contribution in [1.82, 2.24) is 14.6 Å². The Morgan fingerprint density at radius 2 is 2.13 bits per heavy atom. The van der Waals surface area contributed by atoms with Gasteiger partial charge in [-0.3, -0.25) is 0 Å². The molecule has 9 nitrogen and oxygen atoms in total. The van der Waals surface area contributed by atoms with Crippen LogP contribution in [0.1, 0.15) is 11.8 Å². The molecule has 1 fully saturated rings. The van der Waals surface area contributed by atoms with Gasteiger partial charge in [-0.25, -0.2) is 9.50 Å². The van der Waals surface area contributed by atoms with Gasteiger partial charge in [-0.05, 0) is 12.1 Å². The molecule has 11 heteroatoms. The highest BCUT2D eigenvalue weighted by Gasteiger charge is 2.62. The number of rotatable bonds is 2. The maximum Gasteiger partial charge on any atom is 0.196 e. The van der Waals surface area contributed by atoms with Gasteiger partial charge in [0.1, 0.15) is 51.9 Å². The van der Waals surface area contributed by atoms with Crippen LogP contribution in [-0.2, 0) is 4.74 Å². The molecule has 0 aliphatic carbocycles. The van der Waals surface area contributed by atoms with Gasteiger partial charge in [-0.2, -0.15) is 10.4 Å². The molecule has 118 valence electrons. The number of aromatic nitrogens is 3. The largest absolute Gasteiger partial charge is 0.404 e. The molecule has 0 amide bonds. The number of nitrogens with zero attached hydrogens (tertiary/aromatic N) is 4. The zero-order chi connectivity index (χ0) is 17.0. The lowest BCUT2D eigenvalue weighted by atomic mass is 9.54. The van der Waals surface area contributed by atoms with Crippen molar-refractivity contribution in [2.45, 2.75) is 29.3 Å². The zero-order valence-corrected chi connectivity index (χ0v) is 12.6. The van der Waals surface area contributed by atoms with Gasteiger partial charge in [-0.15, -0.1) is 0 Å². The lowest BCUT2D eigenvalue weighted by molar-refractivity contribution is -0.105. The Hall–Kier alpha value is -2.12. The summed E-state index contributed by atoms with van der Waals surface area (Å²) >= 11 is 0. The Bertz CT molecular complexity index is 801. The molecular formula is C12H15B2N5O4. The lowest BCUT2D eigenvalue weighted by Crippen LogP contribution is -2.61. The van der Waals surface area contributed by atoms with E-state index in [-0.39, 0.29) is 5.82 Å². The van der Waals surface area contributed by atoms with E-state index >= 15 is 0 Å². The number of nitrogen functional groups attached to an aromatic ring is 1. The van der Waals surface area contributed by atoms with Gasteiger partial charge in [0.2, 0.25) is 0 Å². The van der Waals surface area contributed by atoms with Gasteiger partial charge in [0.15, 0.2) is 11.4 Å². The van der Waals surface area contributed by atoms with Crippen molar-refractivity contribution in [1.29, 1.82) is 5.26 Å². The minimum absolute atomic E-state index is 0.244. The molecular weight excluding hydrogens is 300 g/mol. The number of hydrogen-bond donors (Lipinski definition) is 4. The number of aliphatic hydroxyl groups excluding tert-OH is 2. The SMILES string of the molecule is BC(B)(O)C1(C#N)O[C@@H](c2ccc3c(N)ncnn23)[C@H](O)[C@@H]1O. The van der Waals surface area contributed by atoms with E-state index in [2.05, 4.69) is 10.1 Å². The maximum atomic E-state index is 10.4. The predicted octanol–water partition coefficient (Wildman–Crippen LogP) is -3.72. The highest BCUT2D eigenvalue weighted by atomic mass is 16.6. The van der Waals surface area contributed by atoms with Crippen molar-refractivity contribution in [3.8, 4) is 6.07 Å². The Balaban J connectivity index is 2.11. The molecule has 1 unspecified atom stereocenters. The molecule has 0 bridgehead atoms. The molecule has 2 aromatic rings. The highest BCUT2D eigenvalue weighted by Crippen LogP contribution is 2.44. The van der Waals surface area contributed by atoms with E-state index in [9.17, 15) is 20.6 Å². The summed E-state index contributed by atoms with van der Waals surface area (Å²) in [7, 11) is 2.68. The minimum Gasteiger partial charge on any atom is -0.404 e. The normalized spacial score (nSPS) is 31.3. The molecule has 23 heavy (non-hydrogen) atoms. The van der Waals surface area contributed by atoms with Gasteiger partial charge in [0.25, 0.3) is 0 Å². The highest BCUT2D eigenvalue weighted by molar-refractivity contribution is 6.40.